The number of rotatable bonds is 4. The predicted molar refractivity (Wildman–Crippen MR) is 77.0 cm³/mol. The van der Waals surface area contributed by atoms with Gasteiger partial charge in [0.25, 0.3) is 0 Å². The van der Waals surface area contributed by atoms with Gasteiger partial charge in [-0.15, -0.1) is 11.3 Å². The van der Waals surface area contributed by atoms with Crippen LogP contribution in [0.4, 0.5) is 0 Å². The normalized spacial score (nSPS) is 16.2. The molecule has 1 aromatic rings. The van der Waals surface area contributed by atoms with Crippen molar-refractivity contribution in [3.8, 4) is 0 Å². The molecule has 0 atom stereocenters. The van der Waals surface area contributed by atoms with Crippen molar-refractivity contribution in [2.45, 2.75) is 39.3 Å². The Balaban J connectivity index is 1.93. The smallest absolute Gasteiger partial charge is 0.191 e. The van der Waals surface area contributed by atoms with E-state index < -0.39 is 0 Å². The molecule has 2 N–H and O–H groups in total. The molecule has 0 bridgehead atoms. The van der Waals surface area contributed by atoms with Crippen LogP contribution >= 0.6 is 11.3 Å². The highest BCUT2D eigenvalue weighted by molar-refractivity contribution is 7.09. The fraction of sp³-hybridized carbons (Fsp3) is 0.538. The minimum absolute atomic E-state index is 0.491. The van der Waals surface area contributed by atoms with Gasteiger partial charge in [0.2, 0.25) is 0 Å². The van der Waals surface area contributed by atoms with Crippen LogP contribution in [0.3, 0.4) is 0 Å². The van der Waals surface area contributed by atoms with Crippen LogP contribution in [-0.4, -0.2) is 23.5 Å². The molecule has 0 aromatic carbocycles. The lowest BCUT2D eigenvalue weighted by Crippen LogP contribution is -2.42. The van der Waals surface area contributed by atoms with E-state index in [0.29, 0.717) is 12.6 Å². The fourth-order valence-electron chi connectivity index (χ4n) is 1.88. The van der Waals surface area contributed by atoms with E-state index in [1.54, 1.807) is 11.3 Å². The second-order valence-corrected chi connectivity index (χ2v) is 5.28. The molecule has 1 heterocycles. The Kier molecular flexibility index (Phi) is 4.75. The first-order valence-electron chi connectivity index (χ1n) is 6.38. The first-order valence-corrected chi connectivity index (χ1v) is 7.26. The Morgan fingerprint density at radius 3 is 2.89 bits per heavy atom. The maximum atomic E-state index is 4.62. The van der Waals surface area contributed by atoms with E-state index in [2.05, 4.69) is 39.7 Å². The SMILES string of the molecule is CCNC(=NCc1scnc1C)NC1CC=CC1. The van der Waals surface area contributed by atoms with Crippen molar-refractivity contribution < 1.29 is 0 Å². The van der Waals surface area contributed by atoms with Gasteiger partial charge in [-0.3, -0.25) is 0 Å². The molecule has 5 heteroatoms. The predicted octanol–water partition coefficient (Wildman–Crippen LogP) is 2.23. The van der Waals surface area contributed by atoms with Crippen molar-refractivity contribution in [1.82, 2.24) is 15.6 Å². The van der Waals surface area contributed by atoms with Gasteiger partial charge >= 0.3 is 0 Å². The molecule has 1 aliphatic rings. The van der Waals surface area contributed by atoms with Gasteiger partial charge in [-0.2, -0.15) is 0 Å². The average Bonchev–Trinajstić information content (AvgIpc) is 2.98. The second-order valence-electron chi connectivity index (χ2n) is 4.34. The van der Waals surface area contributed by atoms with Gasteiger partial charge in [-0.05, 0) is 26.7 Å². The molecule has 18 heavy (non-hydrogen) atoms. The zero-order valence-electron chi connectivity index (χ0n) is 10.9. The van der Waals surface area contributed by atoms with E-state index in [1.807, 2.05) is 12.4 Å². The Labute approximate surface area is 112 Å². The van der Waals surface area contributed by atoms with Crippen LogP contribution < -0.4 is 10.6 Å². The van der Waals surface area contributed by atoms with Gasteiger partial charge in [0.05, 0.1) is 17.7 Å². The average molecular weight is 264 g/mol. The minimum Gasteiger partial charge on any atom is -0.357 e. The van der Waals surface area contributed by atoms with Crippen LogP contribution in [0, 0.1) is 6.92 Å². The number of thiazole rings is 1. The summed E-state index contributed by atoms with van der Waals surface area (Å²) >= 11 is 1.67. The lowest BCUT2D eigenvalue weighted by molar-refractivity contribution is 0.633. The molecule has 0 aliphatic heterocycles. The molecular formula is C13H20N4S. The number of nitrogens with zero attached hydrogens (tertiary/aromatic N) is 2. The van der Waals surface area contributed by atoms with Crippen LogP contribution in [-0.2, 0) is 6.54 Å². The monoisotopic (exact) mass is 264 g/mol. The van der Waals surface area contributed by atoms with Gasteiger partial charge in [-0.25, -0.2) is 9.98 Å². The van der Waals surface area contributed by atoms with E-state index in [9.17, 15) is 0 Å². The number of hydrogen-bond donors (Lipinski definition) is 2. The highest BCUT2D eigenvalue weighted by Gasteiger charge is 2.11. The highest BCUT2D eigenvalue weighted by atomic mass is 32.1. The zero-order valence-corrected chi connectivity index (χ0v) is 11.8. The third-order valence-electron chi connectivity index (χ3n) is 2.92. The van der Waals surface area contributed by atoms with Crippen molar-refractivity contribution in [1.29, 1.82) is 0 Å². The number of guanidine groups is 1. The van der Waals surface area contributed by atoms with Crippen LogP contribution in [0.1, 0.15) is 30.3 Å². The highest BCUT2D eigenvalue weighted by Crippen LogP contribution is 2.13. The number of nitrogens with one attached hydrogen (secondary N) is 2. The Morgan fingerprint density at radius 1 is 1.50 bits per heavy atom. The Hall–Kier alpha value is -1.36. The number of aliphatic imine (C=N–C) groups is 1. The summed E-state index contributed by atoms with van der Waals surface area (Å²) in [6, 6.07) is 0.491. The molecule has 0 saturated carbocycles. The molecule has 0 unspecified atom stereocenters. The molecule has 0 spiro atoms. The summed E-state index contributed by atoms with van der Waals surface area (Å²) in [4.78, 5) is 10.1. The number of hydrogen-bond acceptors (Lipinski definition) is 3. The zero-order chi connectivity index (χ0) is 12.8. The van der Waals surface area contributed by atoms with Gasteiger partial charge in [0.1, 0.15) is 0 Å². The van der Waals surface area contributed by atoms with E-state index in [0.717, 1.165) is 31.0 Å². The molecule has 2 rings (SSSR count). The quantitative estimate of drug-likeness (QED) is 0.498. The molecule has 0 saturated heterocycles. The second kappa shape index (κ2) is 6.54. The first-order chi connectivity index (χ1) is 8.79. The topological polar surface area (TPSA) is 49.3 Å². The molecule has 0 amide bonds. The standard InChI is InChI=1S/C13H20N4S/c1-3-14-13(17-11-6-4-5-7-11)15-8-12-10(2)16-9-18-12/h4-5,9,11H,3,6-8H2,1-2H3,(H2,14,15,17). The minimum atomic E-state index is 0.491. The van der Waals surface area contributed by atoms with Gasteiger partial charge in [0.15, 0.2) is 5.96 Å². The van der Waals surface area contributed by atoms with Gasteiger partial charge in [0, 0.05) is 17.5 Å². The van der Waals surface area contributed by atoms with Crippen molar-refractivity contribution in [2.24, 2.45) is 4.99 Å². The molecular weight excluding hydrogens is 244 g/mol. The number of aryl methyl sites for hydroxylation is 1. The summed E-state index contributed by atoms with van der Waals surface area (Å²) in [7, 11) is 0. The van der Waals surface area contributed by atoms with E-state index in [-0.39, 0.29) is 0 Å². The first kappa shape index (κ1) is 13.1. The maximum Gasteiger partial charge on any atom is 0.191 e. The summed E-state index contributed by atoms with van der Waals surface area (Å²) < 4.78 is 0. The molecule has 4 nitrogen and oxygen atoms in total. The van der Waals surface area contributed by atoms with Gasteiger partial charge in [-0.1, -0.05) is 12.2 Å². The van der Waals surface area contributed by atoms with Gasteiger partial charge < -0.3 is 10.6 Å². The Bertz CT molecular complexity index is 428. The molecule has 1 aliphatic carbocycles. The number of aromatic nitrogens is 1. The van der Waals surface area contributed by atoms with Crippen molar-refractivity contribution >= 4 is 17.3 Å². The van der Waals surface area contributed by atoms with Crippen molar-refractivity contribution in [3.05, 3.63) is 28.2 Å². The molecule has 0 radical (unpaired) electrons. The van der Waals surface area contributed by atoms with Crippen LogP contribution in [0.15, 0.2) is 22.7 Å². The summed E-state index contributed by atoms with van der Waals surface area (Å²) in [5.74, 6) is 0.902. The van der Waals surface area contributed by atoms with E-state index >= 15 is 0 Å². The van der Waals surface area contributed by atoms with Crippen LogP contribution in [0.2, 0.25) is 0 Å². The third-order valence-corrected chi connectivity index (χ3v) is 3.84. The third kappa shape index (κ3) is 3.57. The molecule has 1 aromatic heterocycles. The fourth-order valence-corrected chi connectivity index (χ4v) is 2.58. The summed E-state index contributed by atoms with van der Waals surface area (Å²) in [5, 5.41) is 6.75. The van der Waals surface area contributed by atoms with Crippen molar-refractivity contribution in [2.75, 3.05) is 6.54 Å². The molecule has 98 valence electrons. The van der Waals surface area contributed by atoms with Crippen LogP contribution in [0.25, 0.3) is 0 Å². The summed E-state index contributed by atoms with van der Waals surface area (Å²) in [6.07, 6.45) is 6.61. The lowest BCUT2D eigenvalue weighted by atomic mass is 10.2. The van der Waals surface area contributed by atoms with Crippen molar-refractivity contribution in [3.63, 3.8) is 0 Å². The van der Waals surface area contributed by atoms with Crippen LogP contribution in [0.5, 0.6) is 0 Å². The van der Waals surface area contributed by atoms with E-state index in [1.165, 1.54) is 4.88 Å². The Morgan fingerprint density at radius 2 is 2.28 bits per heavy atom. The lowest BCUT2D eigenvalue weighted by Gasteiger charge is -2.16. The van der Waals surface area contributed by atoms with E-state index in [4.69, 9.17) is 0 Å². The molecule has 0 fully saturated rings. The summed E-state index contributed by atoms with van der Waals surface area (Å²) in [5.41, 5.74) is 2.96. The largest absolute Gasteiger partial charge is 0.357 e. The summed E-state index contributed by atoms with van der Waals surface area (Å²) in [6.45, 7) is 5.70. The maximum absolute atomic E-state index is 4.62.